The molecule has 0 amide bonds. The van der Waals surface area contributed by atoms with Gasteiger partial charge in [0.15, 0.2) is 0 Å². The van der Waals surface area contributed by atoms with Crippen LogP contribution in [0.5, 0.6) is 0 Å². The van der Waals surface area contributed by atoms with Gasteiger partial charge in [-0.15, -0.1) is 0 Å². The summed E-state index contributed by atoms with van der Waals surface area (Å²) in [4.78, 5) is 5.12. The molecule has 2 rings (SSSR count). The molecule has 2 unspecified atom stereocenters. The second-order valence-corrected chi connectivity index (χ2v) is 5.01. The summed E-state index contributed by atoms with van der Waals surface area (Å²) >= 11 is 0. The number of hydrogen-bond donors (Lipinski definition) is 1. The van der Waals surface area contributed by atoms with Crippen LogP contribution in [0.1, 0.15) is 25.7 Å². The average Bonchev–Trinajstić information content (AvgIpc) is 2.64. The molecule has 2 saturated heterocycles. The van der Waals surface area contributed by atoms with E-state index >= 15 is 0 Å². The van der Waals surface area contributed by atoms with Crippen LogP contribution in [0.4, 0.5) is 0 Å². The predicted molar refractivity (Wildman–Crippen MR) is 63.9 cm³/mol. The Morgan fingerprint density at radius 2 is 2.12 bits per heavy atom. The van der Waals surface area contributed by atoms with Gasteiger partial charge in [0.2, 0.25) is 0 Å². The normalized spacial score (nSPS) is 29.4. The molecule has 0 radical (unpaired) electrons. The minimum Gasteiger partial charge on any atom is -0.316 e. The highest BCUT2D eigenvalue weighted by Crippen LogP contribution is 2.21. The van der Waals surface area contributed by atoms with Gasteiger partial charge in [-0.3, -0.25) is 4.90 Å². The Morgan fingerprint density at radius 1 is 1.31 bits per heavy atom. The maximum atomic E-state index is 8.67. The van der Waals surface area contributed by atoms with Crippen LogP contribution < -0.4 is 5.73 Å². The van der Waals surface area contributed by atoms with Gasteiger partial charge in [0.25, 0.3) is 0 Å². The van der Waals surface area contributed by atoms with Crippen LogP contribution in [-0.2, 0) is 0 Å². The topological polar surface area (TPSA) is 56.3 Å². The van der Waals surface area contributed by atoms with Crippen molar-refractivity contribution in [1.82, 2.24) is 9.80 Å². The Hall–Kier alpha value is -0.630. The van der Waals surface area contributed by atoms with Gasteiger partial charge >= 0.3 is 0 Å². The Kier molecular flexibility index (Phi) is 4.16. The third-order valence-electron chi connectivity index (χ3n) is 3.81. The molecule has 0 aromatic carbocycles. The molecule has 4 heteroatoms. The van der Waals surface area contributed by atoms with Crippen molar-refractivity contribution in [2.75, 3.05) is 32.7 Å². The molecule has 0 spiro atoms. The molecule has 2 atom stereocenters. The summed E-state index contributed by atoms with van der Waals surface area (Å²) < 4.78 is 0. The molecule has 0 saturated carbocycles. The van der Waals surface area contributed by atoms with Crippen LogP contribution in [-0.4, -0.2) is 54.6 Å². The number of nitrogens with two attached hydrogens (primary N) is 1. The van der Waals surface area contributed by atoms with Gasteiger partial charge in [-0.05, 0) is 45.3 Å². The van der Waals surface area contributed by atoms with Crippen molar-refractivity contribution >= 4 is 0 Å². The van der Waals surface area contributed by atoms with Gasteiger partial charge in [-0.1, -0.05) is 0 Å². The monoisotopic (exact) mass is 222 g/mol. The molecule has 90 valence electrons. The van der Waals surface area contributed by atoms with Gasteiger partial charge in [-0.2, -0.15) is 5.26 Å². The summed E-state index contributed by atoms with van der Waals surface area (Å²) in [6.07, 6.45) is 4.78. The lowest BCUT2D eigenvalue weighted by Crippen LogP contribution is -2.38. The molecular formula is C12H22N4. The van der Waals surface area contributed by atoms with Crippen molar-refractivity contribution in [3.8, 4) is 6.07 Å². The number of rotatable bonds is 3. The second-order valence-electron chi connectivity index (χ2n) is 5.01. The van der Waals surface area contributed by atoms with Crippen LogP contribution in [0.3, 0.4) is 0 Å². The molecule has 0 bridgehead atoms. The van der Waals surface area contributed by atoms with E-state index in [0.717, 1.165) is 19.0 Å². The van der Waals surface area contributed by atoms with E-state index in [-0.39, 0.29) is 6.04 Å². The molecule has 0 aromatic heterocycles. The third kappa shape index (κ3) is 2.94. The van der Waals surface area contributed by atoms with Crippen molar-refractivity contribution < 1.29 is 0 Å². The van der Waals surface area contributed by atoms with E-state index in [2.05, 4.69) is 15.9 Å². The third-order valence-corrected chi connectivity index (χ3v) is 3.81. The largest absolute Gasteiger partial charge is 0.316 e. The maximum absolute atomic E-state index is 8.67. The molecule has 4 nitrogen and oxygen atoms in total. The van der Waals surface area contributed by atoms with Crippen LogP contribution in [0.25, 0.3) is 0 Å². The molecular weight excluding hydrogens is 200 g/mol. The van der Waals surface area contributed by atoms with Gasteiger partial charge in [0, 0.05) is 19.1 Å². The van der Waals surface area contributed by atoms with Crippen molar-refractivity contribution in [2.24, 2.45) is 5.73 Å². The fraction of sp³-hybridized carbons (Fsp3) is 0.917. The first-order valence-corrected chi connectivity index (χ1v) is 6.41. The van der Waals surface area contributed by atoms with Crippen LogP contribution >= 0.6 is 0 Å². The Labute approximate surface area is 98.0 Å². The molecule has 16 heavy (non-hydrogen) atoms. The fourth-order valence-electron chi connectivity index (χ4n) is 2.87. The SMILES string of the molecule is N#CC(N)CCN1CCCN2CCCC2C1. The minimum atomic E-state index is -0.289. The smallest absolute Gasteiger partial charge is 0.0940 e. The van der Waals surface area contributed by atoms with Crippen molar-refractivity contribution in [3.63, 3.8) is 0 Å². The summed E-state index contributed by atoms with van der Waals surface area (Å²) in [5.74, 6) is 0. The molecule has 2 aliphatic heterocycles. The first-order valence-electron chi connectivity index (χ1n) is 6.41. The fourth-order valence-corrected chi connectivity index (χ4v) is 2.87. The molecule has 0 aliphatic carbocycles. The molecule has 2 heterocycles. The zero-order valence-corrected chi connectivity index (χ0v) is 9.94. The van der Waals surface area contributed by atoms with E-state index in [1.54, 1.807) is 0 Å². The number of hydrogen-bond acceptors (Lipinski definition) is 4. The van der Waals surface area contributed by atoms with E-state index in [9.17, 15) is 0 Å². The lowest BCUT2D eigenvalue weighted by molar-refractivity contribution is 0.218. The predicted octanol–water partition coefficient (Wildman–Crippen LogP) is 0.397. The van der Waals surface area contributed by atoms with Gasteiger partial charge in [0.05, 0.1) is 12.1 Å². The molecule has 2 fully saturated rings. The minimum absolute atomic E-state index is 0.289. The molecule has 0 aromatic rings. The van der Waals surface area contributed by atoms with E-state index in [1.807, 2.05) is 0 Å². The van der Waals surface area contributed by atoms with Crippen LogP contribution in [0.15, 0.2) is 0 Å². The highest BCUT2D eigenvalue weighted by molar-refractivity contribution is 4.89. The highest BCUT2D eigenvalue weighted by atomic mass is 15.3. The first kappa shape index (κ1) is 11.8. The van der Waals surface area contributed by atoms with Crippen LogP contribution in [0, 0.1) is 11.3 Å². The maximum Gasteiger partial charge on any atom is 0.0940 e. The number of fused-ring (bicyclic) bond motifs is 1. The van der Waals surface area contributed by atoms with E-state index in [4.69, 9.17) is 11.0 Å². The quantitative estimate of drug-likeness (QED) is 0.751. The van der Waals surface area contributed by atoms with E-state index < -0.39 is 0 Å². The lowest BCUT2D eigenvalue weighted by atomic mass is 10.2. The van der Waals surface area contributed by atoms with E-state index in [0.29, 0.717) is 0 Å². The zero-order valence-electron chi connectivity index (χ0n) is 9.94. The average molecular weight is 222 g/mol. The summed E-state index contributed by atoms with van der Waals surface area (Å²) in [5, 5.41) is 8.67. The van der Waals surface area contributed by atoms with Crippen molar-refractivity contribution in [3.05, 3.63) is 0 Å². The standard InChI is InChI=1S/C12H22N4/c13-9-11(14)4-8-15-5-2-7-16-6-1-3-12(16)10-15/h11-12H,1-8,10,14H2. The Bertz CT molecular complexity index is 260. The van der Waals surface area contributed by atoms with Gasteiger partial charge < -0.3 is 10.6 Å². The molecule has 2 aliphatic rings. The van der Waals surface area contributed by atoms with Gasteiger partial charge in [0.1, 0.15) is 0 Å². The van der Waals surface area contributed by atoms with Crippen molar-refractivity contribution in [2.45, 2.75) is 37.8 Å². The summed E-state index contributed by atoms with van der Waals surface area (Å²) in [6, 6.07) is 2.58. The van der Waals surface area contributed by atoms with Gasteiger partial charge in [-0.25, -0.2) is 0 Å². The Balaban J connectivity index is 1.79. The number of nitriles is 1. The van der Waals surface area contributed by atoms with Crippen molar-refractivity contribution in [1.29, 1.82) is 5.26 Å². The summed E-state index contributed by atoms with van der Waals surface area (Å²) in [6.45, 7) is 5.88. The highest BCUT2D eigenvalue weighted by Gasteiger charge is 2.28. The van der Waals surface area contributed by atoms with Crippen LogP contribution in [0.2, 0.25) is 0 Å². The Morgan fingerprint density at radius 3 is 2.94 bits per heavy atom. The van der Waals surface area contributed by atoms with E-state index in [1.165, 1.54) is 45.4 Å². The first-order chi connectivity index (χ1) is 7.79. The second kappa shape index (κ2) is 5.62. The number of nitrogens with zero attached hydrogens (tertiary/aromatic N) is 3. The summed E-state index contributed by atoms with van der Waals surface area (Å²) in [5.41, 5.74) is 5.64. The molecule has 2 N–H and O–H groups in total. The summed E-state index contributed by atoms with van der Waals surface area (Å²) in [7, 11) is 0. The zero-order chi connectivity index (χ0) is 11.4. The lowest BCUT2D eigenvalue weighted by Gasteiger charge is -2.25.